The normalized spacial score (nSPS) is 14.6. The highest BCUT2D eigenvalue weighted by Crippen LogP contribution is 2.24. The van der Waals surface area contributed by atoms with Crippen molar-refractivity contribution in [1.29, 1.82) is 0 Å². The minimum Gasteiger partial charge on any atom is -0.385 e. The third-order valence-corrected chi connectivity index (χ3v) is 3.46. The molecule has 0 amide bonds. The Balaban J connectivity index is 1.90. The van der Waals surface area contributed by atoms with Gasteiger partial charge in [-0.15, -0.1) is 0 Å². The summed E-state index contributed by atoms with van der Waals surface area (Å²) in [5.74, 6) is 0. The summed E-state index contributed by atoms with van der Waals surface area (Å²) in [6, 6.07) is 6.92. The van der Waals surface area contributed by atoms with E-state index in [1.807, 2.05) is 0 Å². The lowest BCUT2D eigenvalue weighted by Crippen LogP contribution is -2.05. The van der Waals surface area contributed by atoms with Crippen molar-refractivity contribution in [3.05, 3.63) is 29.3 Å². The van der Waals surface area contributed by atoms with Crippen molar-refractivity contribution < 1.29 is 0 Å². The van der Waals surface area contributed by atoms with Gasteiger partial charge in [-0.1, -0.05) is 25.8 Å². The molecule has 0 heterocycles. The maximum absolute atomic E-state index is 3.53. The Morgan fingerprint density at radius 3 is 2.69 bits per heavy atom. The summed E-state index contributed by atoms with van der Waals surface area (Å²) in [4.78, 5) is 0. The van der Waals surface area contributed by atoms with Gasteiger partial charge in [0.05, 0.1) is 0 Å². The van der Waals surface area contributed by atoms with E-state index in [1.165, 1.54) is 50.6 Å². The van der Waals surface area contributed by atoms with Crippen LogP contribution in [0.4, 0.5) is 5.69 Å². The quantitative estimate of drug-likeness (QED) is 0.730. The zero-order valence-electron chi connectivity index (χ0n) is 10.4. The first-order chi connectivity index (χ1) is 7.90. The molecule has 2 rings (SSSR count). The van der Waals surface area contributed by atoms with Gasteiger partial charge in [0, 0.05) is 12.2 Å². The van der Waals surface area contributed by atoms with Crippen molar-refractivity contribution in [2.45, 2.75) is 51.9 Å². The summed E-state index contributed by atoms with van der Waals surface area (Å²) in [5, 5.41) is 3.53. The molecule has 1 aromatic rings. The highest BCUT2D eigenvalue weighted by Gasteiger charge is 2.08. The van der Waals surface area contributed by atoms with E-state index in [-0.39, 0.29) is 0 Å². The van der Waals surface area contributed by atoms with Gasteiger partial charge in [-0.05, 0) is 55.4 Å². The minimum absolute atomic E-state index is 1.12. The molecule has 1 aliphatic rings. The lowest BCUT2D eigenvalue weighted by molar-refractivity contribution is 0.685. The molecule has 0 aliphatic heterocycles. The van der Waals surface area contributed by atoms with Gasteiger partial charge in [0.2, 0.25) is 0 Å². The Hall–Kier alpha value is -0.980. The smallest absolute Gasteiger partial charge is 0.0343 e. The van der Waals surface area contributed by atoms with E-state index in [0.717, 1.165) is 6.54 Å². The van der Waals surface area contributed by atoms with Crippen LogP contribution >= 0.6 is 0 Å². The molecule has 0 radical (unpaired) electrons. The fraction of sp³-hybridized carbons (Fsp3) is 0.600. The van der Waals surface area contributed by atoms with E-state index in [0.29, 0.717) is 0 Å². The van der Waals surface area contributed by atoms with Gasteiger partial charge in [0.25, 0.3) is 0 Å². The number of nitrogens with one attached hydrogen (secondary N) is 1. The van der Waals surface area contributed by atoms with Crippen molar-refractivity contribution in [2.24, 2.45) is 0 Å². The molecule has 1 nitrogen and oxygen atoms in total. The molecule has 16 heavy (non-hydrogen) atoms. The third-order valence-electron chi connectivity index (χ3n) is 3.46. The Bertz CT molecular complexity index is 330. The van der Waals surface area contributed by atoms with Gasteiger partial charge in [0.1, 0.15) is 0 Å². The van der Waals surface area contributed by atoms with Gasteiger partial charge in [-0.2, -0.15) is 0 Å². The maximum Gasteiger partial charge on any atom is 0.0343 e. The van der Waals surface area contributed by atoms with Crippen LogP contribution in [0.2, 0.25) is 0 Å². The van der Waals surface area contributed by atoms with Crippen LogP contribution in [-0.4, -0.2) is 6.54 Å². The second kappa shape index (κ2) is 5.93. The molecular formula is C15H23N. The minimum atomic E-state index is 1.12. The number of unbranched alkanes of at least 4 members (excludes halogenated alkanes) is 2. The predicted molar refractivity (Wildman–Crippen MR) is 71.1 cm³/mol. The molecule has 0 saturated heterocycles. The fourth-order valence-electron chi connectivity index (χ4n) is 2.45. The van der Waals surface area contributed by atoms with Crippen molar-refractivity contribution in [3.63, 3.8) is 0 Å². The molecule has 0 aromatic heterocycles. The Labute approximate surface area is 99.3 Å². The lowest BCUT2D eigenvalue weighted by atomic mass is 9.91. The molecule has 0 atom stereocenters. The molecule has 0 unspecified atom stereocenters. The van der Waals surface area contributed by atoms with Crippen LogP contribution in [0, 0.1) is 0 Å². The highest BCUT2D eigenvalue weighted by molar-refractivity contribution is 5.49. The lowest BCUT2D eigenvalue weighted by Gasteiger charge is -2.17. The van der Waals surface area contributed by atoms with Gasteiger partial charge >= 0.3 is 0 Å². The monoisotopic (exact) mass is 217 g/mol. The van der Waals surface area contributed by atoms with E-state index in [1.54, 1.807) is 11.1 Å². The van der Waals surface area contributed by atoms with Crippen LogP contribution in [0.3, 0.4) is 0 Å². The average Bonchev–Trinajstić information content (AvgIpc) is 2.34. The molecule has 0 spiro atoms. The first-order valence-corrected chi connectivity index (χ1v) is 6.76. The summed E-state index contributed by atoms with van der Waals surface area (Å²) in [7, 11) is 0. The van der Waals surface area contributed by atoms with Crippen LogP contribution < -0.4 is 5.32 Å². The first kappa shape index (κ1) is 11.5. The van der Waals surface area contributed by atoms with Crippen molar-refractivity contribution in [2.75, 3.05) is 11.9 Å². The van der Waals surface area contributed by atoms with Gasteiger partial charge in [-0.25, -0.2) is 0 Å². The topological polar surface area (TPSA) is 12.0 Å². The zero-order chi connectivity index (χ0) is 11.2. The van der Waals surface area contributed by atoms with Gasteiger partial charge in [0.15, 0.2) is 0 Å². The summed E-state index contributed by atoms with van der Waals surface area (Å²) < 4.78 is 0. The predicted octanol–water partition coefficient (Wildman–Crippen LogP) is 4.17. The van der Waals surface area contributed by atoms with E-state index in [9.17, 15) is 0 Å². The van der Waals surface area contributed by atoms with Crippen molar-refractivity contribution >= 4 is 5.69 Å². The Morgan fingerprint density at radius 1 is 1.06 bits per heavy atom. The number of fused-ring (bicyclic) bond motifs is 1. The number of hydrogen-bond donors (Lipinski definition) is 1. The van der Waals surface area contributed by atoms with E-state index >= 15 is 0 Å². The first-order valence-electron chi connectivity index (χ1n) is 6.76. The average molecular weight is 217 g/mol. The van der Waals surface area contributed by atoms with Crippen LogP contribution in [0.1, 0.15) is 50.2 Å². The molecule has 1 aliphatic carbocycles. The molecule has 0 bridgehead atoms. The van der Waals surface area contributed by atoms with Crippen LogP contribution in [0.25, 0.3) is 0 Å². The standard InChI is InChI=1S/C15H23N/c1-2-3-6-11-16-15-10-9-13-7-4-5-8-14(13)12-15/h9-10,12,16H,2-8,11H2,1H3. The number of hydrogen-bond acceptors (Lipinski definition) is 1. The third kappa shape index (κ3) is 3.01. The van der Waals surface area contributed by atoms with E-state index < -0.39 is 0 Å². The molecular weight excluding hydrogens is 194 g/mol. The number of rotatable bonds is 5. The maximum atomic E-state index is 3.53. The second-order valence-corrected chi connectivity index (χ2v) is 4.82. The Kier molecular flexibility index (Phi) is 4.26. The number of benzene rings is 1. The molecule has 88 valence electrons. The van der Waals surface area contributed by atoms with Crippen LogP contribution in [-0.2, 0) is 12.8 Å². The zero-order valence-corrected chi connectivity index (χ0v) is 10.4. The highest BCUT2D eigenvalue weighted by atomic mass is 14.9. The summed E-state index contributed by atoms with van der Waals surface area (Å²) in [5.41, 5.74) is 4.47. The number of anilines is 1. The van der Waals surface area contributed by atoms with Crippen molar-refractivity contribution in [3.8, 4) is 0 Å². The molecule has 1 N–H and O–H groups in total. The largest absolute Gasteiger partial charge is 0.385 e. The molecule has 0 saturated carbocycles. The number of aryl methyl sites for hydroxylation is 2. The van der Waals surface area contributed by atoms with Crippen LogP contribution in [0.15, 0.2) is 18.2 Å². The van der Waals surface area contributed by atoms with Crippen molar-refractivity contribution in [1.82, 2.24) is 0 Å². The van der Waals surface area contributed by atoms with Crippen LogP contribution in [0.5, 0.6) is 0 Å². The molecule has 1 heteroatoms. The van der Waals surface area contributed by atoms with Gasteiger partial charge < -0.3 is 5.32 Å². The van der Waals surface area contributed by atoms with Gasteiger partial charge in [-0.3, -0.25) is 0 Å². The second-order valence-electron chi connectivity index (χ2n) is 4.82. The summed E-state index contributed by atoms with van der Waals surface area (Å²) in [6.07, 6.45) is 9.21. The summed E-state index contributed by atoms with van der Waals surface area (Å²) >= 11 is 0. The molecule has 0 fully saturated rings. The SMILES string of the molecule is CCCCCNc1ccc2c(c1)CCCC2. The molecule has 1 aromatic carbocycles. The van der Waals surface area contributed by atoms with E-state index in [4.69, 9.17) is 0 Å². The van der Waals surface area contributed by atoms with E-state index in [2.05, 4.69) is 30.4 Å². The summed E-state index contributed by atoms with van der Waals surface area (Å²) in [6.45, 7) is 3.37. The Morgan fingerprint density at radius 2 is 1.88 bits per heavy atom. The fourth-order valence-corrected chi connectivity index (χ4v) is 2.45.